The summed E-state index contributed by atoms with van der Waals surface area (Å²) >= 11 is 0. The van der Waals surface area contributed by atoms with Crippen molar-refractivity contribution < 1.29 is 14.3 Å². The highest BCUT2D eigenvalue weighted by molar-refractivity contribution is 6.09. The van der Waals surface area contributed by atoms with Gasteiger partial charge in [-0.2, -0.15) is 0 Å². The van der Waals surface area contributed by atoms with E-state index in [1.54, 1.807) is 0 Å². The van der Waals surface area contributed by atoms with Crippen molar-refractivity contribution in [2.75, 3.05) is 33.0 Å². The molecule has 3 aromatic carbocycles. The Morgan fingerprint density at radius 3 is 2.44 bits per heavy atom. The Hall–Kier alpha value is -3.90. The van der Waals surface area contributed by atoms with Crippen molar-refractivity contribution in [3.63, 3.8) is 0 Å². The fourth-order valence-corrected chi connectivity index (χ4v) is 5.14. The second kappa shape index (κ2) is 9.28. The number of nitrogens with zero attached hydrogens (tertiary/aromatic N) is 3. The molecule has 182 valence electrons. The number of rotatable bonds is 4. The lowest BCUT2D eigenvalue weighted by Gasteiger charge is -2.35. The van der Waals surface area contributed by atoms with E-state index in [1.807, 2.05) is 42.2 Å². The average Bonchev–Trinajstić information content (AvgIpc) is 3.37. The summed E-state index contributed by atoms with van der Waals surface area (Å²) in [6.07, 6.45) is 0. The molecule has 1 fully saturated rings. The number of hydrogen-bond acceptors (Lipinski definition) is 5. The minimum Gasteiger partial charge on any atom is -0.454 e. The number of aromatic nitrogens is 1. The summed E-state index contributed by atoms with van der Waals surface area (Å²) in [6.45, 7) is 8.25. The van der Waals surface area contributed by atoms with Crippen LogP contribution in [0.5, 0.6) is 11.5 Å². The van der Waals surface area contributed by atoms with Crippen molar-refractivity contribution in [2.24, 2.45) is 0 Å². The number of pyridine rings is 1. The predicted octanol–water partition coefficient (Wildman–Crippen LogP) is 5.21. The van der Waals surface area contributed by atoms with Crippen LogP contribution in [0.2, 0.25) is 0 Å². The van der Waals surface area contributed by atoms with Gasteiger partial charge in [0.2, 0.25) is 6.79 Å². The monoisotopic (exact) mass is 479 g/mol. The van der Waals surface area contributed by atoms with Gasteiger partial charge in [-0.1, -0.05) is 54.1 Å². The number of ether oxygens (including phenoxy) is 2. The van der Waals surface area contributed by atoms with E-state index in [-0.39, 0.29) is 12.7 Å². The summed E-state index contributed by atoms with van der Waals surface area (Å²) in [6, 6.07) is 22.4. The Balaban J connectivity index is 1.24. The van der Waals surface area contributed by atoms with Crippen molar-refractivity contribution >= 4 is 16.8 Å². The first kappa shape index (κ1) is 22.6. The van der Waals surface area contributed by atoms with E-state index in [4.69, 9.17) is 14.5 Å². The zero-order valence-corrected chi connectivity index (χ0v) is 20.7. The topological polar surface area (TPSA) is 54.9 Å². The fraction of sp³-hybridized carbons (Fsp3) is 0.267. The highest BCUT2D eigenvalue weighted by Gasteiger charge is 2.27. The van der Waals surface area contributed by atoms with Gasteiger partial charge in [0.15, 0.2) is 11.5 Å². The van der Waals surface area contributed by atoms with Gasteiger partial charge in [0.1, 0.15) is 0 Å². The van der Waals surface area contributed by atoms with Crippen LogP contribution >= 0.6 is 0 Å². The molecule has 3 heterocycles. The van der Waals surface area contributed by atoms with Crippen LogP contribution < -0.4 is 9.47 Å². The van der Waals surface area contributed by atoms with Gasteiger partial charge >= 0.3 is 0 Å². The second-order valence-corrected chi connectivity index (χ2v) is 9.60. The third-order valence-corrected chi connectivity index (χ3v) is 7.18. The molecule has 0 unspecified atom stereocenters. The summed E-state index contributed by atoms with van der Waals surface area (Å²) in [5, 5.41) is 0.915. The maximum Gasteiger partial charge on any atom is 0.254 e. The zero-order chi connectivity index (χ0) is 24.6. The lowest BCUT2D eigenvalue weighted by atomic mass is 9.96. The van der Waals surface area contributed by atoms with Crippen molar-refractivity contribution in [1.29, 1.82) is 0 Å². The average molecular weight is 480 g/mol. The summed E-state index contributed by atoms with van der Waals surface area (Å²) in [5.74, 6) is 1.70. The molecule has 0 saturated carbocycles. The lowest BCUT2D eigenvalue weighted by molar-refractivity contribution is 0.0629. The van der Waals surface area contributed by atoms with Crippen molar-refractivity contribution in [2.45, 2.75) is 20.4 Å². The van der Waals surface area contributed by atoms with E-state index in [9.17, 15) is 4.79 Å². The molecule has 0 N–H and O–H groups in total. The number of benzene rings is 3. The summed E-state index contributed by atoms with van der Waals surface area (Å²) in [5.41, 5.74) is 6.85. The van der Waals surface area contributed by atoms with Gasteiger partial charge in [0, 0.05) is 43.7 Å². The molecule has 1 saturated heterocycles. The van der Waals surface area contributed by atoms with Crippen LogP contribution in [-0.4, -0.2) is 53.7 Å². The minimum absolute atomic E-state index is 0.0854. The standard InChI is InChI=1S/C30H29N3O3/c1-20-7-10-23(11-8-20)29-21(2)28(24-5-3-4-6-25(24)31-29)30(34)33-15-13-32(14-16-33)18-22-9-12-26-27(17-22)36-19-35-26/h3-12,17H,13-16,18-19H2,1-2H3. The molecule has 0 bridgehead atoms. The van der Waals surface area contributed by atoms with Gasteiger partial charge in [-0.05, 0) is 43.2 Å². The van der Waals surface area contributed by atoms with E-state index < -0.39 is 0 Å². The number of aryl methyl sites for hydroxylation is 1. The normalized spacial score (nSPS) is 15.4. The van der Waals surface area contributed by atoms with E-state index in [0.717, 1.165) is 64.4 Å². The smallest absolute Gasteiger partial charge is 0.254 e. The number of carbonyl (C=O) groups is 1. The zero-order valence-electron chi connectivity index (χ0n) is 20.7. The SMILES string of the molecule is Cc1ccc(-c2nc3ccccc3c(C(=O)N3CCN(Cc4ccc5c(c4)OCO5)CC3)c2C)cc1. The van der Waals surface area contributed by atoms with Gasteiger partial charge in [-0.25, -0.2) is 4.98 Å². The molecule has 6 heteroatoms. The highest BCUT2D eigenvalue weighted by atomic mass is 16.7. The molecule has 0 radical (unpaired) electrons. The van der Waals surface area contributed by atoms with Crippen LogP contribution in [0.4, 0.5) is 0 Å². The van der Waals surface area contributed by atoms with Crippen molar-refractivity contribution in [1.82, 2.24) is 14.8 Å². The molecule has 2 aliphatic heterocycles. The highest BCUT2D eigenvalue weighted by Crippen LogP contribution is 2.33. The molecule has 0 atom stereocenters. The quantitative estimate of drug-likeness (QED) is 0.402. The third kappa shape index (κ3) is 4.18. The maximum atomic E-state index is 13.9. The van der Waals surface area contributed by atoms with E-state index in [2.05, 4.69) is 48.2 Å². The minimum atomic E-state index is 0.0854. The molecule has 1 aromatic heterocycles. The largest absolute Gasteiger partial charge is 0.454 e. The third-order valence-electron chi connectivity index (χ3n) is 7.18. The maximum absolute atomic E-state index is 13.9. The van der Waals surface area contributed by atoms with Gasteiger partial charge in [-0.3, -0.25) is 9.69 Å². The molecule has 2 aliphatic rings. The summed E-state index contributed by atoms with van der Waals surface area (Å²) in [4.78, 5) is 23.2. The van der Waals surface area contributed by atoms with E-state index in [0.29, 0.717) is 13.1 Å². The predicted molar refractivity (Wildman–Crippen MR) is 140 cm³/mol. The van der Waals surface area contributed by atoms with Crippen LogP contribution in [0.25, 0.3) is 22.2 Å². The Bertz CT molecular complexity index is 1440. The van der Waals surface area contributed by atoms with Gasteiger partial charge in [-0.15, -0.1) is 0 Å². The van der Waals surface area contributed by atoms with Crippen LogP contribution in [0, 0.1) is 13.8 Å². The van der Waals surface area contributed by atoms with Crippen LogP contribution in [0.15, 0.2) is 66.7 Å². The first-order chi connectivity index (χ1) is 17.6. The second-order valence-electron chi connectivity index (χ2n) is 9.60. The Kier molecular flexibility index (Phi) is 5.82. The summed E-state index contributed by atoms with van der Waals surface area (Å²) < 4.78 is 10.9. The van der Waals surface area contributed by atoms with Crippen LogP contribution in [0.1, 0.15) is 27.0 Å². The number of fused-ring (bicyclic) bond motifs is 2. The Morgan fingerprint density at radius 2 is 1.64 bits per heavy atom. The fourth-order valence-electron chi connectivity index (χ4n) is 5.14. The molecule has 4 aromatic rings. The molecule has 6 nitrogen and oxygen atoms in total. The number of para-hydroxylation sites is 1. The molecule has 6 rings (SSSR count). The van der Waals surface area contributed by atoms with Crippen LogP contribution in [0.3, 0.4) is 0 Å². The Morgan fingerprint density at radius 1 is 0.889 bits per heavy atom. The molecular formula is C30H29N3O3. The number of piperazine rings is 1. The Labute approximate surface area is 211 Å². The number of carbonyl (C=O) groups excluding carboxylic acids is 1. The van der Waals surface area contributed by atoms with Crippen molar-refractivity contribution in [3.8, 4) is 22.8 Å². The molecule has 0 spiro atoms. The first-order valence-electron chi connectivity index (χ1n) is 12.4. The van der Waals surface area contributed by atoms with Gasteiger partial charge < -0.3 is 14.4 Å². The first-order valence-corrected chi connectivity index (χ1v) is 12.4. The van der Waals surface area contributed by atoms with Gasteiger partial charge in [0.25, 0.3) is 5.91 Å². The number of hydrogen-bond donors (Lipinski definition) is 0. The van der Waals surface area contributed by atoms with Gasteiger partial charge in [0.05, 0.1) is 16.8 Å². The van der Waals surface area contributed by atoms with E-state index >= 15 is 0 Å². The summed E-state index contributed by atoms with van der Waals surface area (Å²) in [7, 11) is 0. The van der Waals surface area contributed by atoms with E-state index in [1.165, 1.54) is 11.1 Å². The van der Waals surface area contributed by atoms with Crippen molar-refractivity contribution in [3.05, 3.63) is 89.0 Å². The molecule has 36 heavy (non-hydrogen) atoms. The molecule has 0 aliphatic carbocycles. The lowest BCUT2D eigenvalue weighted by Crippen LogP contribution is -2.48. The molecular weight excluding hydrogens is 450 g/mol. The van der Waals surface area contributed by atoms with Crippen LogP contribution in [-0.2, 0) is 6.54 Å². The molecule has 1 amide bonds. The number of amides is 1.